The van der Waals surface area contributed by atoms with Crippen molar-refractivity contribution in [1.82, 2.24) is 5.32 Å². The van der Waals surface area contributed by atoms with Crippen LogP contribution in [-0.2, 0) is 11.3 Å². The van der Waals surface area contributed by atoms with Gasteiger partial charge < -0.3 is 29.3 Å². The smallest absolute Gasteiger partial charge is 0.373 e. The molecule has 0 radical (unpaired) electrons. The summed E-state index contributed by atoms with van der Waals surface area (Å²) in [6.07, 6.45) is -0.400. The van der Waals surface area contributed by atoms with Gasteiger partial charge in [0.05, 0.1) is 19.8 Å². The first kappa shape index (κ1) is 19.4. The predicted octanol–water partition coefficient (Wildman–Crippen LogP) is 3.51. The summed E-state index contributed by atoms with van der Waals surface area (Å²) in [7, 11) is 2.83. The Balaban J connectivity index is 1.49. The first-order valence-electron chi connectivity index (χ1n) is 9.23. The van der Waals surface area contributed by atoms with E-state index in [4.69, 9.17) is 13.9 Å². The number of hydrogen-bond donors (Lipinski definition) is 2. The van der Waals surface area contributed by atoms with E-state index in [1.165, 1.54) is 20.3 Å². The zero-order valence-electron chi connectivity index (χ0n) is 16.4. The molecule has 0 fully saturated rings. The minimum Gasteiger partial charge on any atom is -0.493 e. The summed E-state index contributed by atoms with van der Waals surface area (Å²) in [5.41, 5.74) is 2.18. The zero-order valence-corrected chi connectivity index (χ0v) is 16.4. The largest absolute Gasteiger partial charge is 0.493 e. The number of nitrogens with one attached hydrogen (secondary N) is 2. The van der Waals surface area contributed by atoms with Crippen molar-refractivity contribution in [1.29, 1.82) is 0 Å². The van der Waals surface area contributed by atoms with E-state index in [2.05, 4.69) is 15.4 Å². The molecule has 8 nitrogen and oxygen atoms in total. The Morgan fingerprint density at radius 1 is 1.03 bits per heavy atom. The van der Waals surface area contributed by atoms with Crippen LogP contribution in [0.5, 0.6) is 11.5 Å². The molecule has 1 aliphatic rings. The van der Waals surface area contributed by atoms with Gasteiger partial charge in [-0.3, -0.25) is 4.79 Å². The third-order valence-corrected chi connectivity index (χ3v) is 4.69. The summed E-state index contributed by atoms with van der Waals surface area (Å²) in [6.45, 7) is 0.110. The molecule has 0 aliphatic carbocycles. The number of anilines is 1. The van der Waals surface area contributed by atoms with Gasteiger partial charge in [-0.1, -0.05) is 18.2 Å². The summed E-state index contributed by atoms with van der Waals surface area (Å²) < 4.78 is 21.3. The van der Waals surface area contributed by atoms with E-state index in [1.54, 1.807) is 24.3 Å². The lowest BCUT2D eigenvalue weighted by atomic mass is 10.1. The first-order chi connectivity index (χ1) is 14.6. The Bertz CT molecular complexity index is 1090. The lowest BCUT2D eigenvalue weighted by Gasteiger charge is -2.28. The van der Waals surface area contributed by atoms with Crippen LogP contribution in [0.15, 0.2) is 59.0 Å². The molecule has 2 aromatic carbocycles. The number of esters is 1. The fourth-order valence-corrected chi connectivity index (χ4v) is 3.17. The van der Waals surface area contributed by atoms with Crippen LogP contribution in [0.4, 0.5) is 5.69 Å². The fraction of sp³-hybridized carbons (Fsp3) is 0.182. The van der Waals surface area contributed by atoms with Crippen LogP contribution in [0, 0.1) is 0 Å². The van der Waals surface area contributed by atoms with Crippen molar-refractivity contribution >= 4 is 17.6 Å². The highest BCUT2D eigenvalue weighted by molar-refractivity contribution is 6.01. The number of rotatable bonds is 6. The van der Waals surface area contributed by atoms with Gasteiger partial charge in [0.15, 0.2) is 11.5 Å². The van der Waals surface area contributed by atoms with E-state index < -0.39 is 12.1 Å². The lowest BCUT2D eigenvalue weighted by molar-refractivity contribution is 0.0560. The second-order valence-electron chi connectivity index (χ2n) is 6.55. The molecule has 0 spiro atoms. The van der Waals surface area contributed by atoms with Crippen LogP contribution in [0.2, 0.25) is 0 Å². The number of benzene rings is 2. The third-order valence-electron chi connectivity index (χ3n) is 4.69. The van der Waals surface area contributed by atoms with Gasteiger partial charge in [-0.05, 0) is 42.0 Å². The molecule has 1 aliphatic heterocycles. The maximum absolute atomic E-state index is 12.4. The van der Waals surface area contributed by atoms with Gasteiger partial charge in [-0.2, -0.15) is 0 Å². The highest BCUT2D eigenvalue weighted by Crippen LogP contribution is 2.33. The van der Waals surface area contributed by atoms with E-state index in [0.717, 1.165) is 11.3 Å². The molecule has 1 aromatic heterocycles. The van der Waals surface area contributed by atoms with Crippen molar-refractivity contribution in [2.24, 2.45) is 0 Å². The quantitative estimate of drug-likeness (QED) is 0.602. The van der Waals surface area contributed by atoms with Crippen LogP contribution in [0.3, 0.4) is 0 Å². The van der Waals surface area contributed by atoms with Gasteiger partial charge in [-0.15, -0.1) is 0 Å². The summed E-state index contributed by atoms with van der Waals surface area (Å²) in [5.74, 6) is 0.888. The second kappa shape index (κ2) is 8.20. The number of para-hydroxylation sites is 1. The van der Waals surface area contributed by atoms with Crippen molar-refractivity contribution in [3.05, 3.63) is 77.2 Å². The first-order valence-corrected chi connectivity index (χ1v) is 9.23. The Labute approximate surface area is 172 Å². The number of hydrogen-bond acceptors (Lipinski definition) is 7. The molecule has 0 saturated heterocycles. The average molecular weight is 408 g/mol. The molecule has 3 aromatic rings. The summed E-state index contributed by atoms with van der Waals surface area (Å²) in [4.78, 5) is 23.8. The van der Waals surface area contributed by atoms with Crippen molar-refractivity contribution in [2.75, 3.05) is 19.5 Å². The molecule has 4 rings (SSSR count). The number of fused-ring (bicyclic) bond motifs is 1. The van der Waals surface area contributed by atoms with E-state index >= 15 is 0 Å². The molecule has 1 amide bonds. The average Bonchev–Trinajstić information content (AvgIpc) is 3.26. The van der Waals surface area contributed by atoms with Gasteiger partial charge in [0, 0.05) is 5.69 Å². The van der Waals surface area contributed by atoms with Gasteiger partial charge >= 0.3 is 5.97 Å². The van der Waals surface area contributed by atoms with E-state index in [0.29, 0.717) is 22.8 Å². The number of amides is 1. The van der Waals surface area contributed by atoms with Gasteiger partial charge in [-0.25, -0.2) is 4.79 Å². The lowest BCUT2D eigenvalue weighted by Crippen LogP contribution is -2.38. The minimum absolute atomic E-state index is 0.109. The highest BCUT2D eigenvalue weighted by Gasteiger charge is 2.25. The number of methoxy groups -OCH3 is 2. The number of furan rings is 1. The summed E-state index contributed by atoms with van der Waals surface area (Å²) in [5, 5.41) is 6.24. The predicted molar refractivity (Wildman–Crippen MR) is 108 cm³/mol. The molecule has 2 N–H and O–H groups in total. The fourth-order valence-electron chi connectivity index (χ4n) is 3.17. The highest BCUT2D eigenvalue weighted by atomic mass is 16.5. The Morgan fingerprint density at radius 3 is 2.67 bits per heavy atom. The van der Waals surface area contributed by atoms with Gasteiger partial charge in [0.2, 0.25) is 5.76 Å². The Morgan fingerprint density at radius 2 is 1.87 bits per heavy atom. The third kappa shape index (κ3) is 3.80. The summed E-state index contributed by atoms with van der Waals surface area (Å²) in [6, 6.07) is 15.9. The number of carbonyl (C=O) groups excluding carboxylic acids is 2. The normalized spacial score (nSPS) is 14.9. The van der Waals surface area contributed by atoms with Crippen molar-refractivity contribution in [3.63, 3.8) is 0 Å². The van der Waals surface area contributed by atoms with Crippen LogP contribution in [-0.4, -0.2) is 26.1 Å². The molecule has 8 heteroatoms. The van der Waals surface area contributed by atoms with E-state index in [1.807, 2.05) is 24.3 Å². The molecule has 0 saturated carbocycles. The van der Waals surface area contributed by atoms with E-state index in [-0.39, 0.29) is 18.3 Å². The molecule has 30 heavy (non-hydrogen) atoms. The molecule has 0 bridgehead atoms. The molecule has 2 heterocycles. The topological polar surface area (TPSA) is 99.0 Å². The van der Waals surface area contributed by atoms with Crippen LogP contribution in [0.25, 0.3) is 0 Å². The second-order valence-corrected chi connectivity index (χ2v) is 6.55. The van der Waals surface area contributed by atoms with Crippen molar-refractivity contribution in [3.8, 4) is 11.5 Å². The van der Waals surface area contributed by atoms with Gasteiger partial charge in [0.1, 0.15) is 18.5 Å². The van der Waals surface area contributed by atoms with Crippen molar-refractivity contribution in [2.45, 2.75) is 12.8 Å². The molecular weight excluding hydrogens is 388 g/mol. The maximum Gasteiger partial charge on any atom is 0.373 e. The Kier molecular flexibility index (Phi) is 5.30. The minimum atomic E-state index is -0.549. The van der Waals surface area contributed by atoms with Crippen LogP contribution >= 0.6 is 0 Å². The molecule has 1 unspecified atom stereocenters. The maximum atomic E-state index is 12.4. The molecule has 1 atom stereocenters. The monoisotopic (exact) mass is 408 g/mol. The van der Waals surface area contributed by atoms with Crippen LogP contribution < -0.4 is 20.1 Å². The Hall–Kier alpha value is -3.94. The van der Waals surface area contributed by atoms with Gasteiger partial charge in [0.25, 0.3) is 5.91 Å². The van der Waals surface area contributed by atoms with E-state index in [9.17, 15) is 9.59 Å². The molecular formula is C22H20N2O6. The standard InChI is InChI=1S/C22H20N2O6/c1-27-19-11-13(20-23-16-6-4-3-5-15(16)21(25)24-20)7-9-17(19)29-12-14-8-10-18(30-14)22(26)28-2/h3-11,20,23H,12H2,1-2H3,(H,24,25). The zero-order chi connectivity index (χ0) is 21.1. The van der Waals surface area contributed by atoms with Crippen molar-refractivity contribution < 1.29 is 28.2 Å². The summed E-state index contributed by atoms with van der Waals surface area (Å²) >= 11 is 0. The SMILES string of the molecule is COC(=O)c1ccc(COc2ccc(C3NC(=O)c4ccccc4N3)cc2OC)o1. The molecule has 154 valence electrons. The number of ether oxygens (including phenoxy) is 3. The van der Waals surface area contributed by atoms with Crippen LogP contribution in [0.1, 0.15) is 38.4 Å². The number of carbonyl (C=O) groups is 2.